The maximum absolute atomic E-state index is 13.6. The van der Waals surface area contributed by atoms with Crippen LogP contribution in [0.3, 0.4) is 0 Å². The van der Waals surface area contributed by atoms with Gasteiger partial charge in [-0.1, -0.05) is 95.5 Å². The quantitative estimate of drug-likeness (QED) is 0.0389. The topological polar surface area (TPSA) is 205 Å². The monoisotopic (exact) mass is 772 g/mol. The van der Waals surface area contributed by atoms with Crippen molar-refractivity contribution in [2.24, 2.45) is 10.2 Å². The highest BCUT2D eigenvalue weighted by atomic mass is 16.8. The van der Waals surface area contributed by atoms with Gasteiger partial charge in [-0.25, -0.2) is 4.79 Å². The van der Waals surface area contributed by atoms with E-state index in [0.29, 0.717) is 19.3 Å². The van der Waals surface area contributed by atoms with E-state index in [9.17, 15) is 20.7 Å². The molecular weight excluding hydrogens is 724 g/mol. The lowest BCUT2D eigenvalue weighted by Crippen LogP contribution is -2.64. The summed E-state index contributed by atoms with van der Waals surface area (Å²) in [6, 6.07) is 25.4. The van der Waals surface area contributed by atoms with E-state index in [1.165, 1.54) is 7.11 Å². The SMILES string of the molecule is COC(=O)CCCCCO[C@H]1OC(C)C(N=[N+]=[N-])C(OCc2ccccc2)C1O[C@H]1OC(C)C(N=[N+]=[N-])C(OC(=O)c2ccccc2)C1OCc1ccccc1. The van der Waals surface area contributed by atoms with Crippen LogP contribution in [0, 0.1) is 0 Å². The molecule has 0 bridgehead atoms. The van der Waals surface area contributed by atoms with Crippen LogP contribution in [0.25, 0.3) is 20.9 Å². The molecule has 0 spiro atoms. The van der Waals surface area contributed by atoms with Crippen LogP contribution < -0.4 is 0 Å². The van der Waals surface area contributed by atoms with Crippen LogP contribution in [0.2, 0.25) is 0 Å². The molecule has 0 N–H and O–H groups in total. The van der Waals surface area contributed by atoms with E-state index in [-0.39, 0.29) is 37.8 Å². The molecular formula is C40H48N6O10. The Kier molecular flexibility index (Phi) is 16.5. The second-order valence-corrected chi connectivity index (χ2v) is 13.4. The summed E-state index contributed by atoms with van der Waals surface area (Å²) >= 11 is 0. The Morgan fingerprint density at radius 1 is 0.661 bits per heavy atom. The highest BCUT2D eigenvalue weighted by molar-refractivity contribution is 5.89. The van der Waals surface area contributed by atoms with Crippen LogP contribution in [0.5, 0.6) is 0 Å². The zero-order chi connectivity index (χ0) is 39.7. The van der Waals surface area contributed by atoms with E-state index in [1.54, 1.807) is 44.2 Å². The van der Waals surface area contributed by atoms with E-state index < -0.39 is 67.3 Å². The lowest BCUT2D eigenvalue weighted by molar-refractivity contribution is -0.352. The fraction of sp³-hybridized carbons (Fsp3) is 0.500. The van der Waals surface area contributed by atoms with Gasteiger partial charge in [0.1, 0.15) is 30.5 Å². The van der Waals surface area contributed by atoms with Gasteiger partial charge in [-0.05, 0) is 61.0 Å². The molecule has 2 aliphatic heterocycles. The van der Waals surface area contributed by atoms with Crippen molar-refractivity contribution in [1.82, 2.24) is 0 Å². The number of carbonyl (C=O) groups excluding carboxylic acids is 2. The van der Waals surface area contributed by atoms with Gasteiger partial charge in [0.05, 0.1) is 44.1 Å². The summed E-state index contributed by atoms with van der Waals surface area (Å²) in [6.07, 6.45) is -5.94. The lowest BCUT2D eigenvalue weighted by atomic mass is 9.95. The van der Waals surface area contributed by atoms with Gasteiger partial charge in [-0.3, -0.25) is 4.79 Å². The molecule has 5 rings (SSSR count). The second kappa shape index (κ2) is 21.9. The smallest absolute Gasteiger partial charge is 0.338 e. The molecule has 16 nitrogen and oxygen atoms in total. The first-order chi connectivity index (χ1) is 27.3. The average molecular weight is 773 g/mol. The maximum Gasteiger partial charge on any atom is 0.338 e. The normalized spacial score (nSPS) is 27.3. The highest BCUT2D eigenvalue weighted by Crippen LogP contribution is 2.36. The van der Waals surface area contributed by atoms with Crippen molar-refractivity contribution in [3.05, 3.63) is 129 Å². The maximum atomic E-state index is 13.6. The molecule has 16 heteroatoms. The fourth-order valence-corrected chi connectivity index (χ4v) is 6.60. The molecule has 2 fully saturated rings. The third-order valence-electron chi connectivity index (χ3n) is 9.54. The largest absolute Gasteiger partial charge is 0.469 e. The van der Waals surface area contributed by atoms with E-state index in [0.717, 1.165) is 11.1 Å². The number of hydrogen-bond donors (Lipinski definition) is 0. The summed E-state index contributed by atoms with van der Waals surface area (Å²) in [5.74, 6) is -0.946. The summed E-state index contributed by atoms with van der Waals surface area (Å²) in [5.41, 5.74) is 21.2. The van der Waals surface area contributed by atoms with E-state index in [4.69, 9.17) is 37.9 Å². The Morgan fingerprint density at radius 2 is 1.20 bits per heavy atom. The van der Waals surface area contributed by atoms with Gasteiger partial charge in [0.25, 0.3) is 0 Å². The highest BCUT2D eigenvalue weighted by Gasteiger charge is 2.53. The molecule has 0 radical (unpaired) electrons. The number of hydrogen-bond acceptors (Lipinski definition) is 12. The molecule has 2 saturated heterocycles. The van der Waals surface area contributed by atoms with Crippen LogP contribution in [0.15, 0.2) is 101 Å². The van der Waals surface area contributed by atoms with Crippen LogP contribution in [-0.2, 0) is 55.9 Å². The van der Waals surface area contributed by atoms with Crippen LogP contribution >= 0.6 is 0 Å². The van der Waals surface area contributed by atoms with Gasteiger partial charge in [0.15, 0.2) is 12.6 Å². The van der Waals surface area contributed by atoms with Crippen molar-refractivity contribution >= 4 is 11.9 Å². The minimum absolute atomic E-state index is 0.0600. The second-order valence-electron chi connectivity index (χ2n) is 13.4. The van der Waals surface area contributed by atoms with Gasteiger partial charge < -0.3 is 37.9 Å². The Hall–Kier alpha value is -5.02. The Bertz CT molecular complexity index is 1760. The molecule has 298 valence electrons. The van der Waals surface area contributed by atoms with Crippen LogP contribution in [0.4, 0.5) is 0 Å². The summed E-state index contributed by atoms with van der Waals surface area (Å²) in [4.78, 5) is 31.4. The molecule has 10 atom stereocenters. The number of unbranched alkanes of at least 4 members (excludes halogenated alkanes) is 2. The zero-order valence-electron chi connectivity index (χ0n) is 31.6. The van der Waals surface area contributed by atoms with Gasteiger partial charge in [-0.15, -0.1) is 0 Å². The van der Waals surface area contributed by atoms with E-state index in [1.807, 2.05) is 60.7 Å². The van der Waals surface area contributed by atoms with E-state index in [2.05, 4.69) is 20.1 Å². The van der Waals surface area contributed by atoms with Gasteiger partial charge in [0, 0.05) is 22.9 Å². The molecule has 56 heavy (non-hydrogen) atoms. The van der Waals surface area contributed by atoms with Crippen molar-refractivity contribution < 1.29 is 47.5 Å². The third kappa shape index (κ3) is 11.7. The Balaban J connectivity index is 1.49. The van der Waals surface area contributed by atoms with Crippen LogP contribution in [-0.4, -0.2) is 86.9 Å². The predicted octanol–water partition coefficient (Wildman–Crippen LogP) is 7.37. The number of ether oxygens (including phenoxy) is 8. The lowest BCUT2D eigenvalue weighted by Gasteiger charge is -2.48. The van der Waals surface area contributed by atoms with Crippen molar-refractivity contribution in [3.63, 3.8) is 0 Å². The average Bonchev–Trinajstić information content (AvgIpc) is 3.22. The summed E-state index contributed by atoms with van der Waals surface area (Å²) in [6.45, 7) is 3.88. The van der Waals surface area contributed by atoms with Crippen LogP contribution in [0.1, 0.15) is 61.0 Å². The fourth-order valence-electron chi connectivity index (χ4n) is 6.60. The number of rotatable bonds is 19. The molecule has 0 aliphatic carbocycles. The minimum atomic E-state index is -1.27. The summed E-state index contributed by atoms with van der Waals surface area (Å²) in [5, 5.41) is 8.05. The van der Waals surface area contributed by atoms with Gasteiger partial charge in [0.2, 0.25) is 0 Å². The number of esters is 2. The molecule has 0 saturated carbocycles. The predicted molar refractivity (Wildman–Crippen MR) is 202 cm³/mol. The standard InChI is InChI=1S/C40H48N6O10/c1-26-32(43-45-41)34(51-24-28-16-8-4-9-17-28)37(39(53-26)50-23-15-7-14-22-31(47)49-3)56-40-36(52-25-29-18-10-5-11-19-29)35(33(44-46-42)27(2)54-40)55-38(48)30-20-12-6-13-21-30/h4-6,8-13,16-21,26-27,32-37,39-40H,7,14-15,22-25H2,1-3H3/t26?,27?,32?,33?,34?,35?,36?,37?,39-,40+/m0/s1. The zero-order valence-corrected chi connectivity index (χ0v) is 31.6. The van der Waals surface area contributed by atoms with E-state index >= 15 is 0 Å². The minimum Gasteiger partial charge on any atom is -0.469 e. The summed E-state index contributed by atoms with van der Waals surface area (Å²) in [7, 11) is 1.35. The molecule has 3 aromatic rings. The van der Waals surface area contributed by atoms with Crippen molar-refractivity contribution in [1.29, 1.82) is 0 Å². The molecule has 8 unspecified atom stereocenters. The molecule has 2 aliphatic rings. The number of methoxy groups -OCH3 is 1. The molecule has 0 aromatic heterocycles. The number of benzene rings is 3. The Morgan fingerprint density at radius 3 is 1.77 bits per heavy atom. The number of nitrogens with zero attached hydrogens (tertiary/aromatic N) is 6. The molecule has 2 heterocycles. The first-order valence-electron chi connectivity index (χ1n) is 18.6. The first-order valence-corrected chi connectivity index (χ1v) is 18.6. The van der Waals surface area contributed by atoms with Gasteiger partial charge in [-0.2, -0.15) is 0 Å². The van der Waals surface area contributed by atoms with Crippen molar-refractivity contribution in [3.8, 4) is 0 Å². The molecule has 0 amide bonds. The number of carbonyl (C=O) groups is 2. The van der Waals surface area contributed by atoms with Crippen molar-refractivity contribution in [2.45, 2.75) is 114 Å². The summed E-state index contributed by atoms with van der Waals surface area (Å²) < 4.78 is 49.8. The number of azide groups is 2. The van der Waals surface area contributed by atoms with Gasteiger partial charge >= 0.3 is 11.9 Å². The van der Waals surface area contributed by atoms with Crippen molar-refractivity contribution in [2.75, 3.05) is 13.7 Å². The third-order valence-corrected chi connectivity index (χ3v) is 9.54. The Labute approximate surface area is 325 Å². The first kappa shape index (κ1) is 42.1. The molecule has 3 aromatic carbocycles.